The van der Waals surface area contributed by atoms with Gasteiger partial charge in [-0.25, -0.2) is 0 Å². The minimum Gasteiger partial charge on any atom is -0.496 e. The summed E-state index contributed by atoms with van der Waals surface area (Å²) in [5.41, 5.74) is 4.37. The summed E-state index contributed by atoms with van der Waals surface area (Å²) in [5, 5.41) is 19.9. The van der Waals surface area contributed by atoms with Gasteiger partial charge in [0.15, 0.2) is 0 Å². The molecular weight excluding hydrogens is 494 g/mol. The summed E-state index contributed by atoms with van der Waals surface area (Å²) in [4.78, 5) is 26.4. The fourth-order valence-electron chi connectivity index (χ4n) is 4.71. The second-order valence-corrected chi connectivity index (χ2v) is 9.19. The molecule has 0 bridgehead atoms. The van der Waals surface area contributed by atoms with Crippen LogP contribution in [-0.4, -0.2) is 27.7 Å². The minimum atomic E-state index is -0.525. The smallest absolute Gasteiger partial charge is 0.312 e. The first kappa shape index (κ1) is 24.3. The van der Waals surface area contributed by atoms with Crippen LogP contribution in [0.4, 0.5) is 17.1 Å². The van der Waals surface area contributed by atoms with Gasteiger partial charge in [0.2, 0.25) is 0 Å². The fraction of sp³-hybridized carbons (Fsp3) is 0.185. The first-order chi connectivity index (χ1) is 17.8. The Morgan fingerprint density at radius 1 is 1.11 bits per heavy atom. The van der Waals surface area contributed by atoms with Gasteiger partial charge in [-0.15, -0.1) is 0 Å². The number of nitrogens with zero attached hydrogens (tertiary/aromatic N) is 4. The Hall–Kier alpha value is -4.37. The van der Waals surface area contributed by atoms with E-state index < -0.39 is 11.1 Å². The third kappa shape index (κ3) is 4.38. The Morgan fingerprint density at radius 3 is 2.51 bits per heavy atom. The van der Waals surface area contributed by atoms with Crippen molar-refractivity contribution in [3.05, 3.63) is 110 Å². The van der Waals surface area contributed by atoms with E-state index in [2.05, 4.69) is 10.4 Å². The lowest BCUT2D eigenvalue weighted by Crippen LogP contribution is -2.43. The summed E-state index contributed by atoms with van der Waals surface area (Å²) in [7, 11) is 1.57. The molecule has 5 rings (SSSR count). The van der Waals surface area contributed by atoms with Crippen LogP contribution in [0.3, 0.4) is 0 Å². The van der Waals surface area contributed by atoms with Gasteiger partial charge in [0.1, 0.15) is 23.3 Å². The molecule has 9 nitrogen and oxygen atoms in total. The highest BCUT2D eigenvalue weighted by Crippen LogP contribution is 2.38. The van der Waals surface area contributed by atoms with Crippen molar-refractivity contribution in [3.63, 3.8) is 0 Å². The average Bonchev–Trinajstić information content (AvgIpc) is 3.17. The van der Waals surface area contributed by atoms with Crippen molar-refractivity contribution in [1.29, 1.82) is 0 Å². The number of nitro groups is 1. The minimum absolute atomic E-state index is 0.000172. The number of amides is 1. The van der Waals surface area contributed by atoms with Crippen molar-refractivity contribution in [2.45, 2.75) is 26.6 Å². The van der Waals surface area contributed by atoms with Crippen LogP contribution in [0.1, 0.15) is 39.0 Å². The molecule has 0 aliphatic carbocycles. The highest BCUT2D eigenvalue weighted by Gasteiger charge is 2.34. The highest BCUT2D eigenvalue weighted by atomic mass is 35.5. The van der Waals surface area contributed by atoms with Crippen molar-refractivity contribution in [2.24, 2.45) is 0 Å². The van der Waals surface area contributed by atoms with Gasteiger partial charge in [0.05, 0.1) is 24.1 Å². The number of methoxy groups -OCH3 is 1. The number of para-hydroxylation sites is 1. The number of rotatable bonds is 6. The molecule has 0 spiro atoms. The largest absolute Gasteiger partial charge is 0.496 e. The maximum Gasteiger partial charge on any atom is 0.312 e. The van der Waals surface area contributed by atoms with Crippen LogP contribution in [0.5, 0.6) is 5.75 Å². The first-order valence-electron chi connectivity index (χ1n) is 11.6. The van der Waals surface area contributed by atoms with Crippen molar-refractivity contribution in [1.82, 2.24) is 9.78 Å². The predicted molar refractivity (Wildman–Crippen MR) is 142 cm³/mol. The molecule has 0 fully saturated rings. The molecule has 1 N–H and O–H groups in total. The molecular formula is C27H24ClN5O4. The Kier molecular flexibility index (Phi) is 6.31. The third-order valence-corrected chi connectivity index (χ3v) is 6.75. The summed E-state index contributed by atoms with van der Waals surface area (Å²) in [6.07, 6.45) is -0.525. The van der Waals surface area contributed by atoms with Crippen molar-refractivity contribution >= 4 is 34.6 Å². The topological polar surface area (TPSA) is 103 Å². The molecule has 1 aliphatic rings. The van der Waals surface area contributed by atoms with Crippen molar-refractivity contribution < 1.29 is 14.5 Å². The Balaban J connectivity index is 1.60. The summed E-state index contributed by atoms with van der Waals surface area (Å²) in [6.45, 7) is 3.55. The number of anilines is 2. The monoisotopic (exact) mass is 517 g/mol. The molecule has 1 aliphatic heterocycles. The molecule has 0 radical (unpaired) electrons. The zero-order valence-corrected chi connectivity index (χ0v) is 21.2. The molecule has 37 heavy (non-hydrogen) atoms. The van der Waals surface area contributed by atoms with Crippen LogP contribution in [0.15, 0.2) is 66.7 Å². The highest BCUT2D eigenvalue weighted by molar-refractivity contribution is 6.30. The van der Waals surface area contributed by atoms with Gasteiger partial charge < -0.3 is 10.1 Å². The van der Waals surface area contributed by atoms with Crippen LogP contribution in [0.25, 0.3) is 0 Å². The number of halogens is 1. The molecule has 4 aromatic rings. The lowest BCUT2D eigenvalue weighted by Gasteiger charge is -2.38. The van der Waals surface area contributed by atoms with E-state index in [4.69, 9.17) is 16.3 Å². The molecule has 2 heterocycles. The number of ether oxygens (including phenoxy) is 1. The number of benzene rings is 3. The Morgan fingerprint density at radius 2 is 1.84 bits per heavy atom. The normalized spacial score (nSPS) is 14.8. The van der Waals surface area contributed by atoms with E-state index in [1.54, 1.807) is 48.7 Å². The molecule has 1 unspecified atom stereocenters. The molecule has 3 aromatic carbocycles. The van der Waals surface area contributed by atoms with E-state index in [0.717, 1.165) is 16.8 Å². The molecule has 1 atom stereocenters. The molecule has 188 valence electrons. The van der Waals surface area contributed by atoms with Gasteiger partial charge in [0.25, 0.3) is 5.91 Å². The van der Waals surface area contributed by atoms with Gasteiger partial charge in [0, 0.05) is 22.0 Å². The van der Waals surface area contributed by atoms with E-state index in [1.807, 2.05) is 48.5 Å². The van der Waals surface area contributed by atoms with Crippen LogP contribution < -0.4 is 15.0 Å². The predicted octanol–water partition coefficient (Wildman–Crippen LogP) is 5.89. The van der Waals surface area contributed by atoms with Crippen molar-refractivity contribution in [2.75, 3.05) is 17.3 Å². The van der Waals surface area contributed by atoms with E-state index in [9.17, 15) is 14.9 Å². The summed E-state index contributed by atoms with van der Waals surface area (Å²) in [6, 6.07) is 20.1. The van der Waals surface area contributed by atoms with Gasteiger partial charge in [-0.1, -0.05) is 29.8 Å². The number of aromatic nitrogens is 2. The summed E-state index contributed by atoms with van der Waals surface area (Å²) < 4.78 is 7.19. The van der Waals surface area contributed by atoms with E-state index >= 15 is 0 Å². The lowest BCUT2D eigenvalue weighted by atomic mass is 10.0. The zero-order chi connectivity index (χ0) is 26.3. The SMILES string of the molecule is COc1ccc(C2Nc3ccccc3C(=O)N2c2ccc(Cl)cc2)cc1Cn1nc(C)c([N+](=O)[O-])c1C. The van der Waals surface area contributed by atoms with E-state index in [0.29, 0.717) is 33.4 Å². The van der Waals surface area contributed by atoms with E-state index in [1.165, 1.54) is 0 Å². The number of hydrogen-bond acceptors (Lipinski definition) is 6. The number of carbonyl (C=O) groups excluding carboxylic acids is 1. The van der Waals surface area contributed by atoms with Gasteiger partial charge in [-0.05, 0) is 67.9 Å². The number of carbonyl (C=O) groups is 1. The molecule has 1 amide bonds. The second-order valence-electron chi connectivity index (χ2n) is 8.75. The summed E-state index contributed by atoms with van der Waals surface area (Å²) in [5.74, 6) is 0.466. The molecule has 1 aromatic heterocycles. The maximum atomic E-state index is 13.7. The van der Waals surface area contributed by atoms with Crippen LogP contribution in [0.2, 0.25) is 5.02 Å². The van der Waals surface area contributed by atoms with E-state index in [-0.39, 0.29) is 18.1 Å². The number of nitrogens with one attached hydrogen (secondary N) is 1. The first-order valence-corrected chi connectivity index (χ1v) is 12.0. The van der Waals surface area contributed by atoms with Gasteiger partial charge in [-0.3, -0.25) is 24.5 Å². The third-order valence-electron chi connectivity index (χ3n) is 6.50. The lowest BCUT2D eigenvalue weighted by molar-refractivity contribution is -0.386. The van der Waals surface area contributed by atoms with Crippen LogP contribution in [-0.2, 0) is 6.54 Å². The number of hydrogen-bond donors (Lipinski definition) is 1. The second kappa shape index (κ2) is 9.59. The van der Waals surface area contributed by atoms with Gasteiger partial charge in [-0.2, -0.15) is 5.10 Å². The number of fused-ring (bicyclic) bond motifs is 1. The Labute approximate surface area is 218 Å². The Bertz CT molecular complexity index is 1520. The summed E-state index contributed by atoms with van der Waals surface area (Å²) >= 11 is 6.11. The van der Waals surface area contributed by atoms with Crippen molar-refractivity contribution in [3.8, 4) is 5.75 Å². The molecule has 0 saturated heterocycles. The fourth-order valence-corrected chi connectivity index (χ4v) is 4.84. The van der Waals surface area contributed by atoms with Gasteiger partial charge >= 0.3 is 5.69 Å². The van der Waals surface area contributed by atoms with Crippen LogP contribution in [0, 0.1) is 24.0 Å². The average molecular weight is 518 g/mol. The zero-order valence-electron chi connectivity index (χ0n) is 20.4. The molecule has 10 heteroatoms. The van der Waals surface area contributed by atoms with Crippen LogP contribution >= 0.6 is 11.6 Å². The molecule has 0 saturated carbocycles. The quantitative estimate of drug-likeness (QED) is 0.253. The number of aryl methyl sites for hydroxylation is 1. The maximum absolute atomic E-state index is 13.7. The standard InChI is InChI=1S/C27H24ClN5O4/c1-16-25(33(35)36)17(2)31(30-16)15-19-14-18(8-13-24(19)37-3)26-29-23-7-5-4-6-22(23)27(34)32(26)21-11-9-20(28)10-12-21/h4-14,26,29H,15H2,1-3H3.